The number of hydrogen-bond donors (Lipinski definition) is 1. The molecular formula is C25H23N3O. The lowest BCUT2D eigenvalue weighted by atomic mass is 9.83. The van der Waals surface area contributed by atoms with Gasteiger partial charge in [-0.3, -0.25) is 4.79 Å². The van der Waals surface area contributed by atoms with Crippen molar-refractivity contribution in [1.82, 2.24) is 15.3 Å². The second kappa shape index (κ2) is 6.51. The molecule has 144 valence electrons. The predicted octanol–water partition coefficient (Wildman–Crippen LogP) is 4.13. The van der Waals surface area contributed by atoms with E-state index in [4.69, 9.17) is 9.97 Å². The lowest BCUT2D eigenvalue weighted by Gasteiger charge is -2.28. The fourth-order valence-electron chi connectivity index (χ4n) is 5.32. The highest BCUT2D eigenvalue weighted by atomic mass is 16.1. The molecule has 0 saturated heterocycles. The van der Waals surface area contributed by atoms with Crippen molar-refractivity contribution in [2.75, 3.05) is 0 Å². The molecule has 4 nitrogen and oxygen atoms in total. The molecule has 0 fully saturated rings. The van der Waals surface area contributed by atoms with E-state index < -0.39 is 0 Å². The van der Waals surface area contributed by atoms with Crippen molar-refractivity contribution in [3.8, 4) is 22.6 Å². The maximum atomic E-state index is 11.1. The van der Waals surface area contributed by atoms with Crippen molar-refractivity contribution in [2.45, 2.75) is 51.0 Å². The third-order valence-corrected chi connectivity index (χ3v) is 6.76. The number of benzene rings is 1. The molecule has 1 N–H and O–H groups in total. The Morgan fingerprint density at radius 2 is 1.48 bits per heavy atom. The van der Waals surface area contributed by atoms with Gasteiger partial charge < -0.3 is 5.32 Å². The Labute approximate surface area is 170 Å². The van der Waals surface area contributed by atoms with Crippen LogP contribution in [0.1, 0.15) is 52.4 Å². The lowest BCUT2D eigenvalue weighted by molar-refractivity contribution is -0.110. The normalized spacial score (nSPS) is 18.6. The zero-order valence-electron chi connectivity index (χ0n) is 16.4. The molecule has 4 heteroatoms. The Morgan fingerprint density at radius 1 is 0.793 bits per heavy atom. The van der Waals surface area contributed by atoms with Gasteiger partial charge in [-0.15, -0.1) is 0 Å². The molecule has 0 aliphatic heterocycles. The number of amides is 1. The smallest absolute Gasteiger partial charge is 0.207 e. The standard InChI is InChI=1S/C25H23N3O/c29-14-26-21-7-3-5-16-12-18-10-11-19-13-17-9-8-15-4-1-2-6-20(15)22(17)27-24(19)25(18)28-23(16)21/h1-2,4,6,12-14,21H,3,5,7-11H2,(H,26,29). The molecule has 2 heterocycles. The first-order chi connectivity index (χ1) is 14.3. The van der Waals surface area contributed by atoms with Gasteiger partial charge in [0.05, 0.1) is 28.8 Å². The van der Waals surface area contributed by atoms with Gasteiger partial charge in [-0.2, -0.15) is 0 Å². The van der Waals surface area contributed by atoms with Crippen LogP contribution in [-0.4, -0.2) is 16.4 Å². The van der Waals surface area contributed by atoms with Crippen LogP contribution in [0.2, 0.25) is 0 Å². The van der Waals surface area contributed by atoms with E-state index in [1.165, 1.54) is 33.4 Å². The van der Waals surface area contributed by atoms with Gasteiger partial charge in [0, 0.05) is 5.56 Å². The van der Waals surface area contributed by atoms with E-state index >= 15 is 0 Å². The van der Waals surface area contributed by atoms with Gasteiger partial charge in [0.15, 0.2) is 0 Å². The zero-order chi connectivity index (χ0) is 19.4. The van der Waals surface area contributed by atoms with Gasteiger partial charge >= 0.3 is 0 Å². The van der Waals surface area contributed by atoms with E-state index in [1.807, 2.05) is 0 Å². The number of carbonyl (C=O) groups is 1. The molecule has 6 rings (SSSR count). The number of nitrogens with one attached hydrogen (secondary N) is 1. The van der Waals surface area contributed by atoms with Crippen molar-refractivity contribution < 1.29 is 4.79 Å². The quantitative estimate of drug-likeness (QED) is 0.679. The van der Waals surface area contributed by atoms with Gasteiger partial charge in [-0.25, -0.2) is 9.97 Å². The molecule has 2 aromatic heterocycles. The minimum absolute atomic E-state index is 0.0188. The highest BCUT2D eigenvalue weighted by Crippen LogP contribution is 2.40. The molecule has 0 radical (unpaired) electrons. The summed E-state index contributed by atoms with van der Waals surface area (Å²) >= 11 is 0. The zero-order valence-corrected chi connectivity index (χ0v) is 16.4. The SMILES string of the molecule is O=CNC1CCCc2cc3c(nc21)-c1nc2c(cc1CC3)CCc1ccccc1-2. The Balaban J connectivity index is 1.53. The average Bonchev–Trinajstić information content (AvgIpc) is 2.77. The highest BCUT2D eigenvalue weighted by molar-refractivity contribution is 5.76. The van der Waals surface area contributed by atoms with Gasteiger partial charge in [0.2, 0.25) is 6.41 Å². The molecular weight excluding hydrogens is 358 g/mol. The summed E-state index contributed by atoms with van der Waals surface area (Å²) in [5, 5.41) is 2.97. The number of rotatable bonds is 2. The molecule has 1 unspecified atom stereocenters. The summed E-state index contributed by atoms with van der Waals surface area (Å²) in [6.45, 7) is 0. The summed E-state index contributed by atoms with van der Waals surface area (Å²) in [6.07, 6.45) is 8.10. The summed E-state index contributed by atoms with van der Waals surface area (Å²) in [7, 11) is 0. The third kappa shape index (κ3) is 2.62. The molecule has 1 amide bonds. The molecule has 3 aliphatic carbocycles. The highest BCUT2D eigenvalue weighted by Gasteiger charge is 2.28. The average molecular weight is 381 g/mol. The van der Waals surface area contributed by atoms with E-state index in [0.717, 1.165) is 74.1 Å². The summed E-state index contributed by atoms with van der Waals surface area (Å²) in [6, 6.07) is 13.4. The Hall–Kier alpha value is -3.01. The van der Waals surface area contributed by atoms with E-state index in [-0.39, 0.29) is 6.04 Å². The number of aromatic nitrogens is 2. The van der Waals surface area contributed by atoms with Crippen molar-refractivity contribution in [1.29, 1.82) is 0 Å². The van der Waals surface area contributed by atoms with Gasteiger partial charge in [-0.05, 0) is 72.8 Å². The van der Waals surface area contributed by atoms with Crippen LogP contribution in [0.3, 0.4) is 0 Å². The maximum Gasteiger partial charge on any atom is 0.207 e. The van der Waals surface area contributed by atoms with Crippen LogP contribution in [0.15, 0.2) is 36.4 Å². The first-order valence-electron chi connectivity index (χ1n) is 10.7. The van der Waals surface area contributed by atoms with Crippen LogP contribution < -0.4 is 5.32 Å². The largest absolute Gasteiger partial charge is 0.350 e. The first-order valence-corrected chi connectivity index (χ1v) is 10.7. The first kappa shape index (κ1) is 16.9. The van der Waals surface area contributed by atoms with E-state index in [9.17, 15) is 4.79 Å². The summed E-state index contributed by atoms with van der Waals surface area (Å²) in [5.41, 5.74) is 12.2. The third-order valence-electron chi connectivity index (χ3n) is 6.76. The van der Waals surface area contributed by atoms with Gasteiger partial charge in [0.25, 0.3) is 0 Å². The van der Waals surface area contributed by atoms with Crippen LogP contribution in [-0.2, 0) is 36.9 Å². The molecule has 0 bridgehead atoms. The fraction of sp³-hybridized carbons (Fsp3) is 0.320. The number of nitrogens with zero attached hydrogens (tertiary/aromatic N) is 2. The van der Waals surface area contributed by atoms with E-state index in [0.29, 0.717) is 0 Å². The molecule has 29 heavy (non-hydrogen) atoms. The van der Waals surface area contributed by atoms with Gasteiger partial charge in [0.1, 0.15) is 0 Å². The molecule has 3 aliphatic rings. The van der Waals surface area contributed by atoms with E-state index in [1.54, 1.807) is 0 Å². The second-order valence-electron chi connectivity index (χ2n) is 8.43. The van der Waals surface area contributed by atoms with Crippen molar-refractivity contribution in [3.63, 3.8) is 0 Å². The van der Waals surface area contributed by atoms with Crippen LogP contribution in [0.4, 0.5) is 0 Å². The number of carbonyl (C=O) groups excluding carboxylic acids is 1. The minimum Gasteiger partial charge on any atom is -0.350 e. The predicted molar refractivity (Wildman–Crippen MR) is 113 cm³/mol. The Kier molecular flexibility index (Phi) is 3.80. The van der Waals surface area contributed by atoms with Crippen LogP contribution in [0.25, 0.3) is 22.6 Å². The minimum atomic E-state index is 0.0188. The summed E-state index contributed by atoms with van der Waals surface area (Å²) in [5.74, 6) is 0. The van der Waals surface area contributed by atoms with Crippen molar-refractivity contribution in [2.24, 2.45) is 0 Å². The fourth-order valence-corrected chi connectivity index (χ4v) is 5.32. The lowest BCUT2D eigenvalue weighted by Crippen LogP contribution is -2.26. The monoisotopic (exact) mass is 381 g/mol. The molecule has 0 saturated carbocycles. The summed E-state index contributed by atoms with van der Waals surface area (Å²) < 4.78 is 0. The number of fused-ring (bicyclic) bond motifs is 7. The van der Waals surface area contributed by atoms with Crippen molar-refractivity contribution >= 4 is 6.41 Å². The molecule has 3 aromatic rings. The topological polar surface area (TPSA) is 54.9 Å². The number of aryl methyl sites for hydroxylation is 5. The van der Waals surface area contributed by atoms with E-state index in [2.05, 4.69) is 41.7 Å². The molecule has 1 aromatic carbocycles. The molecule has 1 atom stereocenters. The van der Waals surface area contributed by atoms with Crippen LogP contribution in [0.5, 0.6) is 0 Å². The Bertz CT molecular complexity index is 1150. The Morgan fingerprint density at radius 3 is 2.31 bits per heavy atom. The molecule has 0 spiro atoms. The van der Waals surface area contributed by atoms with Crippen LogP contribution in [0, 0.1) is 0 Å². The maximum absolute atomic E-state index is 11.1. The van der Waals surface area contributed by atoms with Gasteiger partial charge in [-0.1, -0.05) is 36.4 Å². The van der Waals surface area contributed by atoms with Crippen LogP contribution >= 0.6 is 0 Å². The number of hydrogen-bond acceptors (Lipinski definition) is 3. The van der Waals surface area contributed by atoms with Crippen molar-refractivity contribution in [3.05, 3.63) is 69.9 Å². The second-order valence-corrected chi connectivity index (χ2v) is 8.43. The summed E-state index contributed by atoms with van der Waals surface area (Å²) in [4.78, 5) is 21.4. The number of pyridine rings is 2.